The van der Waals surface area contributed by atoms with Crippen molar-refractivity contribution in [3.63, 3.8) is 0 Å². The molecule has 0 bridgehead atoms. The van der Waals surface area contributed by atoms with Crippen LogP contribution in [-0.2, 0) is 16.0 Å². The Bertz CT molecular complexity index is 1050. The quantitative estimate of drug-likeness (QED) is 0.712. The lowest BCUT2D eigenvalue weighted by Crippen LogP contribution is -2.23. The van der Waals surface area contributed by atoms with Crippen molar-refractivity contribution in [1.29, 1.82) is 0 Å². The van der Waals surface area contributed by atoms with E-state index in [1.54, 1.807) is 24.3 Å². The summed E-state index contributed by atoms with van der Waals surface area (Å²) < 4.78 is 13.5. The molecule has 8 heteroatoms. The standard InChI is InChI=1S/C21H17ClFN3O3/c1-24-21(29)19-15(9-10-25-19)20(28)26-13-7-5-12(6-8-13)11-17(27)14-3-2-4-16(23)18(14)22/h2-8,10H,9,11H2,1H3,(H,24,29)(H,26,28). The number of amides is 2. The summed E-state index contributed by atoms with van der Waals surface area (Å²) in [4.78, 5) is 40.5. The van der Waals surface area contributed by atoms with Crippen LogP contribution < -0.4 is 10.6 Å². The van der Waals surface area contributed by atoms with Crippen LogP contribution in [0.1, 0.15) is 22.3 Å². The summed E-state index contributed by atoms with van der Waals surface area (Å²) in [5.74, 6) is -1.79. The number of halogens is 2. The van der Waals surface area contributed by atoms with Gasteiger partial charge in [-0.3, -0.25) is 19.4 Å². The number of anilines is 1. The number of hydrogen-bond donors (Lipinski definition) is 2. The number of aliphatic imine (C=N–C) groups is 1. The average molecular weight is 414 g/mol. The van der Waals surface area contributed by atoms with Gasteiger partial charge in [0.05, 0.1) is 10.6 Å². The Balaban J connectivity index is 1.68. The van der Waals surface area contributed by atoms with E-state index >= 15 is 0 Å². The van der Waals surface area contributed by atoms with E-state index in [2.05, 4.69) is 15.6 Å². The molecule has 2 aromatic rings. The highest BCUT2D eigenvalue weighted by atomic mass is 35.5. The molecule has 0 spiro atoms. The molecule has 0 aromatic heterocycles. The maximum atomic E-state index is 13.5. The summed E-state index contributed by atoms with van der Waals surface area (Å²) in [5, 5.41) is 4.96. The van der Waals surface area contributed by atoms with E-state index in [1.807, 2.05) is 0 Å². The highest BCUT2D eigenvalue weighted by Crippen LogP contribution is 2.22. The summed E-state index contributed by atoms with van der Waals surface area (Å²) >= 11 is 5.86. The van der Waals surface area contributed by atoms with Crippen molar-refractivity contribution in [1.82, 2.24) is 5.32 Å². The molecule has 148 valence electrons. The molecule has 0 saturated heterocycles. The van der Waals surface area contributed by atoms with E-state index in [9.17, 15) is 18.8 Å². The van der Waals surface area contributed by atoms with Gasteiger partial charge in [-0.2, -0.15) is 0 Å². The number of carbonyl (C=O) groups excluding carboxylic acids is 3. The zero-order valence-electron chi connectivity index (χ0n) is 15.5. The monoisotopic (exact) mass is 413 g/mol. The number of rotatable bonds is 6. The number of carbonyl (C=O) groups is 3. The zero-order chi connectivity index (χ0) is 21.0. The molecule has 0 fully saturated rings. The second-order valence-electron chi connectivity index (χ2n) is 6.27. The van der Waals surface area contributed by atoms with Gasteiger partial charge in [0.1, 0.15) is 11.5 Å². The molecule has 0 unspecified atom stereocenters. The molecular weight excluding hydrogens is 397 g/mol. The van der Waals surface area contributed by atoms with Gasteiger partial charge in [0.25, 0.3) is 11.8 Å². The first-order chi connectivity index (χ1) is 13.9. The van der Waals surface area contributed by atoms with Gasteiger partial charge < -0.3 is 10.6 Å². The van der Waals surface area contributed by atoms with Crippen molar-refractivity contribution < 1.29 is 18.8 Å². The highest BCUT2D eigenvalue weighted by Gasteiger charge is 2.23. The van der Waals surface area contributed by atoms with Crippen molar-refractivity contribution in [3.8, 4) is 0 Å². The van der Waals surface area contributed by atoms with Gasteiger partial charge in [0.15, 0.2) is 5.78 Å². The number of hydrogen-bond acceptors (Lipinski definition) is 4. The third-order valence-corrected chi connectivity index (χ3v) is 4.73. The van der Waals surface area contributed by atoms with Crippen LogP contribution in [0.15, 0.2) is 58.7 Å². The number of nitrogens with one attached hydrogen (secondary N) is 2. The first-order valence-corrected chi connectivity index (χ1v) is 9.13. The minimum atomic E-state index is -0.642. The molecule has 0 atom stereocenters. The fourth-order valence-electron chi connectivity index (χ4n) is 2.83. The van der Waals surface area contributed by atoms with Crippen LogP contribution in [0.4, 0.5) is 10.1 Å². The van der Waals surface area contributed by atoms with Crippen molar-refractivity contribution in [2.24, 2.45) is 4.99 Å². The van der Waals surface area contributed by atoms with E-state index in [4.69, 9.17) is 11.6 Å². The Kier molecular flexibility index (Phi) is 6.19. The fourth-order valence-corrected chi connectivity index (χ4v) is 3.06. The van der Waals surface area contributed by atoms with Gasteiger partial charge in [-0.1, -0.05) is 29.8 Å². The van der Waals surface area contributed by atoms with Gasteiger partial charge in [0.2, 0.25) is 0 Å². The molecule has 2 amide bonds. The minimum Gasteiger partial charge on any atom is -0.354 e. The SMILES string of the molecule is CNC(=O)C1=C(C(=O)Nc2ccc(CC(=O)c3cccc(F)c3Cl)cc2)CC=N1. The summed E-state index contributed by atoms with van der Waals surface area (Å²) in [6.45, 7) is 0. The minimum absolute atomic E-state index is 0.0389. The van der Waals surface area contributed by atoms with Crippen LogP contribution in [0.25, 0.3) is 0 Å². The molecule has 6 nitrogen and oxygen atoms in total. The molecule has 0 aliphatic carbocycles. The van der Waals surface area contributed by atoms with Crippen LogP contribution in [0.3, 0.4) is 0 Å². The summed E-state index contributed by atoms with van der Waals surface area (Å²) in [6.07, 6.45) is 1.82. The average Bonchev–Trinajstić information content (AvgIpc) is 3.21. The molecular formula is C21H17ClFN3O3. The predicted octanol–water partition coefficient (Wildman–Crippen LogP) is 3.32. The molecule has 1 aliphatic rings. The van der Waals surface area contributed by atoms with Crippen LogP contribution in [0, 0.1) is 5.82 Å². The predicted molar refractivity (Wildman–Crippen MR) is 109 cm³/mol. The Morgan fingerprint density at radius 2 is 1.83 bits per heavy atom. The molecule has 2 N–H and O–H groups in total. The number of likely N-dealkylation sites (N-methyl/N-ethyl adjacent to an activating group) is 1. The number of ketones is 1. The van der Waals surface area contributed by atoms with Crippen molar-refractivity contribution >= 4 is 41.1 Å². The maximum Gasteiger partial charge on any atom is 0.270 e. The summed E-state index contributed by atoms with van der Waals surface area (Å²) in [7, 11) is 1.47. The van der Waals surface area contributed by atoms with Gasteiger partial charge in [-0.05, 0) is 29.8 Å². The number of Topliss-reactive ketones (excluding diaryl/α,β-unsaturated/α-hetero) is 1. The van der Waals surface area contributed by atoms with E-state index in [-0.39, 0.29) is 40.5 Å². The summed E-state index contributed by atoms with van der Waals surface area (Å²) in [5.41, 5.74) is 1.69. The third-order valence-electron chi connectivity index (χ3n) is 4.35. The van der Waals surface area contributed by atoms with E-state index in [1.165, 1.54) is 31.5 Å². The molecule has 3 rings (SSSR count). The first kappa shape index (κ1) is 20.4. The molecule has 0 radical (unpaired) electrons. The molecule has 29 heavy (non-hydrogen) atoms. The van der Waals surface area contributed by atoms with Gasteiger partial charge in [-0.15, -0.1) is 0 Å². The Labute approximate surface area is 171 Å². The lowest BCUT2D eigenvalue weighted by atomic mass is 10.0. The van der Waals surface area contributed by atoms with E-state index in [0.29, 0.717) is 11.3 Å². The van der Waals surface area contributed by atoms with Crippen molar-refractivity contribution in [3.05, 3.63) is 75.7 Å². The zero-order valence-corrected chi connectivity index (χ0v) is 16.2. The van der Waals surface area contributed by atoms with Crippen LogP contribution in [0.2, 0.25) is 5.02 Å². The smallest absolute Gasteiger partial charge is 0.270 e. The van der Waals surface area contributed by atoms with E-state index in [0.717, 1.165) is 0 Å². The van der Waals surface area contributed by atoms with Crippen LogP contribution in [-0.4, -0.2) is 30.9 Å². The van der Waals surface area contributed by atoms with Gasteiger partial charge in [0, 0.05) is 37.4 Å². The second-order valence-corrected chi connectivity index (χ2v) is 6.65. The Morgan fingerprint density at radius 3 is 2.52 bits per heavy atom. The molecule has 1 heterocycles. The van der Waals surface area contributed by atoms with Crippen LogP contribution in [0.5, 0.6) is 0 Å². The topological polar surface area (TPSA) is 87.6 Å². The largest absolute Gasteiger partial charge is 0.354 e. The highest BCUT2D eigenvalue weighted by molar-refractivity contribution is 6.34. The third kappa shape index (κ3) is 4.57. The van der Waals surface area contributed by atoms with Gasteiger partial charge in [-0.25, -0.2) is 4.39 Å². The maximum absolute atomic E-state index is 13.5. The van der Waals surface area contributed by atoms with Crippen molar-refractivity contribution in [2.45, 2.75) is 12.8 Å². The molecule has 2 aromatic carbocycles. The van der Waals surface area contributed by atoms with Gasteiger partial charge >= 0.3 is 0 Å². The van der Waals surface area contributed by atoms with Crippen molar-refractivity contribution in [2.75, 3.05) is 12.4 Å². The van der Waals surface area contributed by atoms with E-state index < -0.39 is 17.6 Å². The lowest BCUT2D eigenvalue weighted by Gasteiger charge is -2.09. The summed E-state index contributed by atoms with van der Waals surface area (Å²) in [6, 6.07) is 10.7. The normalized spacial score (nSPS) is 12.8. The Morgan fingerprint density at radius 1 is 1.10 bits per heavy atom. The lowest BCUT2D eigenvalue weighted by molar-refractivity contribution is -0.118. The number of benzene rings is 2. The first-order valence-electron chi connectivity index (χ1n) is 8.76. The van der Waals surface area contributed by atoms with Crippen LogP contribution >= 0.6 is 11.6 Å². The second kappa shape index (κ2) is 8.79. The Hall–Kier alpha value is -3.32. The molecule has 1 aliphatic heterocycles. The molecule has 0 saturated carbocycles. The number of nitrogens with zero attached hydrogens (tertiary/aromatic N) is 1. The fraction of sp³-hybridized carbons (Fsp3) is 0.143.